The van der Waals surface area contributed by atoms with E-state index in [2.05, 4.69) is 0 Å². The number of nitrogens with zero attached hydrogens (tertiary/aromatic N) is 2. The van der Waals surface area contributed by atoms with Gasteiger partial charge < -0.3 is 28.8 Å². The molecule has 4 rings (SSSR count). The molecule has 3 aromatic rings. The van der Waals surface area contributed by atoms with Crippen molar-refractivity contribution >= 4 is 23.1 Å². The van der Waals surface area contributed by atoms with Crippen LogP contribution >= 0.6 is 0 Å². The summed E-state index contributed by atoms with van der Waals surface area (Å²) in [5, 5.41) is 11.3. The first-order valence-corrected chi connectivity index (χ1v) is 10.7. The van der Waals surface area contributed by atoms with Gasteiger partial charge in [0.05, 0.1) is 38.6 Å². The number of methoxy groups -OCH3 is 2. The van der Waals surface area contributed by atoms with Crippen molar-refractivity contribution in [1.29, 1.82) is 0 Å². The number of furan rings is 1. The van der Waals surface area contributed by atoms with Crippen LogP contribution in [0.4, 0.5) is 5.69 Å². The number of rotatable bonds is 7. The summed E-state index contributed by atoms with van der Waals surface area (Å²) in [6.45, 7) is 0.0837. The summed E-state index contributed by atoms with van der Waals surface area (Å²) in [5.41, 5.74) is 2.00. The number of likely N-dealkylation sites (tertiary alicyclic amines) is 1. The van der Waals surface area contributed by atoms with Gasteiger partial charge in [-0.1, -0.05) is 12.1 Å². The third-order valence-electron chi connectivity index (χ3n) is 5.83. The lowest BCUT2D eigenvalue weighted by molar-refractivity contribution is -0.140. The molecule has 1 aliphatic heterocycles. The molecule has 1 amide bonds. The van der Waals surface area contributed by atoms with Crippen LogP contribution in [0.5, 0.6) is 11.5 Å². The van der Waals surface area contributed by atoms with Crippen LogP contribution in [-0.4, -0.2) is 50.0 Å². The highest BCUT2D eigenvalue weighted by molar-refractivity contribution is 6.46. The quantitative estimate of drug-likeness (QED) is 0.322. The Labute approximate surface area is 197 Å². The van der Waals surface area contributed by atoms with Gasteiger partial charge in [0.25, 0.3) is 11.7 Å². The fourth-order valence-electron chi connectivity index (χ4n) is 4.05. The summed E-state index contributed by atoms with van der Waals surface area (Å²) >= 11 is 0. The summed E-state index contributed by atoms with van der Waals surface area (Å²) < 4.78 is 16.0. The van der Waals surface area contributed by atoms with Crippen LogP contribution in [0, 0.1) is 0 Å². The fraction of sp³-hybridized carbons (Fsp3) is 0.231. The number of ketones is 1. The van der Waals surface area contributed by atoms with Crippen molar-refractivity contribution in [3.8, 4) is 11.5 Å². The lowest BCUT2D eigenvalue weighted by Crippen LogP contribution is -2.29. The molecule has 2 heterocycles. The molecule has 8 nitrogen and oxygen atoms in total. The van der Waals surface area contributed by atoms with Crippen molar-refractivity contribution in [2.75, 3.05) is 33.2 Å². The molecule has 0 aliphatic carbocycles. The maximum atomic E-state index is 13.2. The highest BCUT2D eigenvalue weighted by atomic mass is 16.5. The lowest BCUT2D eigenvalue weighted by Gasteiger charge is -2.25. The van der Waals surface area contributed by atoms with Crippen LogP contribution in [0.3, 0.4) is 0 Å². The average molecular weight is 463 g/mol. The number of aliphatic hydroxyl groups is 1. The number of hydrogen-bond donors (Lipinski definition) is 1. The minimum Gasteiger partial charge on any atom is -0.507 e. The minimum atomic E-state index is -0.797. The van der Waals surface area contributed by atoms with E-state index in [4.69, 9.17) is 13.9 Å². The molecule has 0 saturated carbocycles. The number of hydrogen-bond acceptors (Lipinski definition) is 7. The Morgan fingerprint density at radius 3 is 2.32 bits per heavy atom. The molecule has 1 N–H and O–H groups in total. The first-order valence-electron chi connectivity index (χ1n) is 10.7. The second-order valence-electron chi connectivity index (χ2n) is 8.06. The molecule has 0 bridgehead atoms. The molecular weight excluding hydrogens is 436 g/mol. The van der Waals surface area contributed by atoms with Gasteiger partial charge in [-0.3, -0.25) is 9.59 Å². The molecule has 2 aromatic carbocycles. The second kappa shape index (κ2) is 9.35. The molecular formula is C26H26N2O6. The third-order valence-corrected chi connectivity index (χ3v) is 5.83. The normalized spacial score (nSPS) is 17.2. The molecule has 1 atom stereocenters. The van der Waals surface area contributed by atoms with Gasteiger partial charge in [0.15, 0.2) is 11.5 Å². The Morgan fingerprint density at radius 1 is 1.03 bits per heavy atom. The van der Waals surface area contributed by atoms with E-state index in [0.717, 1.165) is 5.69 Å². The molecule has 0 radical (unpaired) electrons. The standard InChI is InChI=1S/C26H26N2O6/c1-27(2)18-10-7-16(8-11-18)23-22(24(29)17-9-12-20(32-3)21(14-17)33-4)25(30)26(31)28(23)15-19-6-5-13-34-19/h5-14,23,29H,15H2,1-4H3/t23-/m1/s1. The zero-order valence-corrected chi connectivity index (χ0v) is 19.4. The Morgan fingerprint density at radius 2 is 1.74 bits per heavy atom. The van der Waals surface area contributed by atoms with Gasteiger partial charge in [0.2, 0.25) is 0 Å². The Balaban J connectivity index is 1.86. The SMILES string of the molecule is COc1ccc(C(O)=C2C(=O)C(=O)N(Cc3ccco3)[C@@H]2c2ccc(N(C)C)cc2)cc1OC. The summed E-state index contributed by atoms with van der Waals surface area (Å²) in [6.07, 6.45) is 1.51. The monoisotopic (exact) mass is 462 g/mol. The Hall–Kier alpha value is -4.20. The van der Waals surface area contributed by atoms with E-state index in [0.29, 0.717) is 28.4 Å². The maximum Gasteiger partial charge on any atom is 0.296 e. The summed E-state index contributed by atoms with van der Waals surface area (Å²) in [6, 6.07) is 15.0. The van der Waals surface area contributed by atoms with Crippen LogP contribution in [0.15, 0.2) is 70.9 Å². The van der Waals surface area contributed by atoms with Gasteiger partial charge in [-0.15, -0.1) is 0 Å². The van der Waals surface area contributed by atoms with E-state index in [1.165, 1.54) is 25.4 Å². The van der Waals surface area contributed by atoms with Crippen molar-refractivity contribution in [3.63, 3.8) is 0 Å². The van der Waals surface area contributed by atoms with Gasteiger partial charge in [-0.2, -0.15) is 0 Å². The topological polar surface area (TPSA) is 92.5 Å². The van der Waals surface area contributed by atoms with Crippen LogP contribution in [0.1, 0.15) is 22.9 Å². The first kappa shape index (κ1) is 23.0. The van der Waals surface area contributed by atoms with Crippen LogP contribution in [-0.2, 0) is 16.1 Å². The van der Waals surface area contributed by atoms with E-state index in [1.54, 1.807) is 30.3 Å². The van der Waals surface area contributed by atoms with E-state index in [1.807, 2.05) is 43.3 Å². The number of carbonyl (C=O) groups is 2. The number of anilines is 1. The third kappa shape index (κ3) is 4.10. The summed E-state index contributed by atoms with van der Waals surface area (Å²) in [4.78, 5) is 29.7. The number of benzene rings is 2. The molecule has 1 aromatic heterocycles. The molecule has 176 valence electrons. The number of ether oxygens (including phenoxy) is 2. The van der Waals surface area contributed by atoms with Crippen LogP contribution in [0.2, 0.25) is 0 Å². The zero-order chi connectivity index (χ0) is 24.4. The molecule has 0 unspecified atom stereocenters. The van der Waals surface area contributed by atoms with Gasteiger partial charge >= 0.3 is 0 Å². The van der Waals surface area contributed by atoms with E-state index >= 15 is 0 Å². The number of Topliss-reactive ketones (excluding diaryl/α,β-unsaturated/α-hetero) is 1. The van der Waals surface area contributed by atoms with E-state index in [9.17, 15) is 14.7 Å². The van der Waals surface area contributed by atoms with Gasteiger partial charge in [0.1, 0.15) is 11.5 Å². The number of aliphatic hydroxyl groups excluding tert-OH is 1. The second-order valence-corrected chi connectivity index (χ2v) is 8.06. The molecule has 8 heteroatoms. The Bertz CT molecular complexity index is 1230. The minimum absolute atomic E-state index is 0.00128. The van der Waals surface area contributed by atoms with Crippen molar-refractivity contribution < 1.29 is 28.6 Å². The fourth-order valence-corrected chi connectivity index (χ4v) is 4.05. The van der Waals surface area contributed by atoms with Crippen LogP contribution < -0.4 is 14.4 Å². The van der Waals surface area contributed by atoms with Crippen molar-refractivity contribution in [1.82, 2.24) is 4.90 Å². The zero-order valence-electron chi connectivity index (χ0n) is 19.4. The maximum absolute atomic E-state index is 13.2. The van der Waals surface area contributed by atoms with Gasteiger partial charge in [0, 0.05) is 25.3 Å². The summed E-state index contributed by atoms with van der Waals surface area (Å²) in [7, 11) is 6.84. The highest BCUT2D eigenvalue weighted by Crippen LogP contribution is 2.41. The predicted molar refractivity (Wildman–Crippen MR) is 127 cm³/mol. The van der Waals surface area contributed by atoms with E-state index in [-0.39, 0.29) is 17.9 Å². The molecule has 1 aliphatic rings. The number of carbonyl (C=O) groups excluding carboxylic acids is 2. The van der Waals surface area contributed by atoms with Crippen molar-refractivity contribution in [3.05, 3.63) is 83.3 Å². The van der Waals surface area contributed by atoms with Gasteiger partial charge in [-0.25, -0.2) is 0 Å². The van der Waals surface area contributed by atoms with E-state index < -0.39 is 17.7 Å². The lowest BCUT2D eigenvalue weighted by atomic mass is 9.95. The van der Waals surface area contributed by atoms with Crippen LogP contribution in [0.25, 0.3) is 5.76 Å². The molecule has 0 spiro atoms. The van der Waals surface area contributed by atoms with Crippen molar-refractivity contribution in [2.24, 2.45) is 0 Å². The Kier molecular flexibility index (Phi) is 6.32. The molecule has 34 heavy (non-hydrogen) atoms. The largest absolute Gasteiger partial charge is 0.507 e. The summed E-state index contributed by atoms with van der Waals surface area (Å²) in [5.74, 6) is -0.358. The predicted octanol–water partition coefficient (Wildman–Crippen LogP) is 3.98. The first-order chi connectivity index (χ1) is 16.3. The average Bonchev–Trinajstić information content (AvgIpc) is 3.45. The van der Waals surface area contributed by atoms with Crippen molar-refractivity contribution in [2.45, 2.75) is 12.6 Å². The number of amides is 1. The highest BCUT2D eigenvalue weighted by Gasteiger charge is 2.46. The van der Waals surface area contributed by atoms with Gasteiger partial charge in [-0.05, 0) is 48.0 Å². The smallest absolute Gasteiger partial charge is 0.296 e. The molecule has 1 saturated heterocycles. The molecule has 1 fully saturated rings.